The van der Waals surface area contributed by atoms with Crippen LogP contribution >= 0.6 is 0 Å². The normalized spacial score (nSPS) is 15.4. The van der Waals surface area contributed by atoms with Crippen LogP contribution in [0.25, 0.3) is 0 Å². The fourth-order valence-electron chi connectivity index (χ4n) is 3.02. The van der Waals surface area contributed by atoms with Crippen molar-refractivity contribution >= 4 is 17.7 Å². The van der Waals surface area contributed by atoms with Crippen molar-refractivity contribution in [2.75, 3.05) is 37.0 Å². The van der Waals surface area contributed by atoms with Gasteiger partial charge in [0.15, 0.2) is 5.69 Å². The number of piperidine rings is 1. The zero-order valence-electron chi connectivity index (χ0n) is 15.7. The number of carbonyl (C=O) groups is 1. The molecule has 0 radical (unpaired) electrons. The lowest BCUT2D eigenvalue weighted by atomic mass is 10.0. The lowest BCUT2D eigenvalue weighted by Gasteiger charge is -2.33. The van der Waals surface area contributed by atoms with Gasteiger partial charge in [0.05, 0.1) is 0 Å². The molecule has 1 N–H and O–H groups in total. The van der Waals surface area contributed by atoms with Crippen LogP contribution in [-0.4, -0.2) is 49.1 Å². The first-order chi connectivity index (χ1) is 13.2. The molecule has 1 aromatic heterocycles. The Kier molecular flexibility index (Phi) is 5.71. The molecule has 1 fully saturated rings. The van der Waals surface area contributed by atoms with E-state index in [2.05, 4.69) is 15.3 Å². The van der Waals surface area contributed by atoms with Gasteiger partial charge in [-0.1, -0.05) is 18.2 Å². The lowest BCUT2D eigenvalue weighted by Crippen LogP contribution is -2.45. The van der Waals surface area contributed by atoms with Crippen molar-refractivity contribution in [3.8, 4) is 0 Å². The van der Waals surface area contributed by atoms with Crippen LogP contribution in [0, 0.1) is 0 Å². The second-order valence-corrected chi connectivity index (χ2v) is 6.90. The molecule has 2 aromatic rings. The number of carbonyl (C=O) groups excluding carboxylic acids is 1. The monoisotopic (exact) mass is 393 g/mol. The minimum absolute atomic E-state index is 0.0388. The molecule has 1 aliphatic heterocycles. The third-order valence-electron chi connectivity index (χ3n) is 4.60. The first-order valence-corrected chi connectivity index (χ1v) is 8.98. The van der Waals surface area contributed by atoms with Gasteiger partial charge in [0.1, 0.15) is 5.82 Å². The van der Waals surface area contributed by atoms with E-state index in [-0.39, 0.29) is 23.7 Å². The van der Waals surface area contributed by atoms with Crippen molar-refractivity contribution in [2.24, 2.45) is 0 Å². The van der Waals surface area contributed by atoms with Crippen LogP contribution in [0.5, 0.6) is 0 Å². The van der Waals surface area contributed by atoms with Crippen molar-refractivity contribution in [2.45, 2.75) is 25.1 Å². The van der Waals surface area contributed by atoms with Gasteiger partial charge in [-0.05, 0) is 25.0 Å². The van der Waals surface area contributed by atoms with Crippen molar-refractivity contribution in [1.29, 1.82) is 0 Å². The number of hydrogen-bond acceptors (Lipinski definition) is 5. The van der Waals surface area contributed by atoms with Gasteiger partial charge < -0.3 is 15.1 Å². The van der Waals surface area contributed by atoms with Gasteiger partial charge in [0.25, 0.3) is 5.91 Å². The Hall–Kier alpha value is -2.84. The van der Waals surface area contributed by atoms with Crippen LogP contribution in [0.1, 0.15) is 28.9 Å². The molecule has 150 valence electrons. The predicted molar refractivity (Wildman–Crippen MR) is 101 cm³/mol. The summed E-state index contributed by atoms with van der Waals surface area (Å²) in [5.74, 6) is 0.118. The fraction of sp³-hybridized carbons (Fsp3) is 0.421. The van der Waals surface area contributed by atoms with Gasteiger partial charge in [-0.15, -0.1) is 0 Å². The van der Waals surface area contributed by atoms with Crippen molar-refractivity contribution in [3.63, 3.8) is 0 Å². The summed E-state index contributed by atoms with van der Waals surface area (Å²) in [4.78, 5) is 23.5. The van der Waals surface area contributed by atoms with Crippen LogP contribution in [0.4, 0.5) is 24.9 Å². The molecule has 0 aliphatic carbocycles. The highest BCUT2D eigenvalue weighted by atomic mass is 19.4. The lowest BCUT2D eigenvalue weighted by molar-refractivity contribution is -0.141. The van der Waals surface area contributed by atoms with Crippen LogP contribution in [0.2, 0.25) is 0 Å². The second kappa shape index (κ2) is 8.04. The predicted octanol–water partition coefficient (Wildman–Crippen LogP) is 2.96. The Balaban J connectivity index is 1.67. The molecule has 0 saturated carbocycles. The van der Waals surface area contributed by atoms with Gasteiger partial charge in [-0.3, -0.25) is 4.79 Å². The average molecular weight is 393 g/mol. The van der Waals surface area contributed by atoms with E-state index in [1.165, 1.54) is 4.90 Å². The average Bonchev–Trinajstić information content (AvgIpc) is 2.68. The SMILES string of the molecule is CN(C)c1cc(C(F)(F)F)nc(N2CCC(NC(=O)c3ccccc3)CC2)n1. The third kappa shape index (κ3) is 4.71. The highest BCUT2D eigenvalue weighted by Gasteiger charge is 2.35. The van der Waals surface area contributed by atoms with Crippen LogP contribution in [0.15, 0.2) is 36.4 Å². The number of benzene rings is 1. The summed E-state index contributed by atoms with van der Waals surface area (Å²) in [7, 11) is 3.27. The van der Waals surface area contributed by atoms with E-state index in [1.807, 2.05) is 6.07 Å². The molecule has 28 heavy (non-hydrogen) atoms. The summed E-state index contributed by atoms with van der Waals surface area (Å²) in [6.45, 7) is 0.932. The molecule has 1 aliphatic rings. The summed E-state index contributed by atoms with van der Waals surface area (Å²) < 4.78 is 39.5. The summed E-state index contributed by atoms with van der Waals surface area (Å²) in [5.41, 5.74) is -0.373. The van der Waals surface area contributed by atoms with Crippen LogP contribution in [0.3, 0.4) is 0 Å². The van der Waals surface area contributed by atoms with Crippen molar-refractivity contribution < 1.29 is 18.0 Å². The van der Waals surface area contributed by atoms with Gasteiger partial charge in [0, 0.05) is 44.9 Å². The molecule has 1 aromatic carbocycles. The molecule has 0 unspecified atom stereocenters. The van der Waals surface area contributed by atoms with Crippen LogP contribution < -0.4 is 15.1 Å². The quantitative estimate of drug-likeness (QED) is 0.866. The van der Waals surface area contributed by atoms with E-state index in [4.69, 9.17) is 0 Å². The number of aromatic nitrogens is 2. The Morgan fingerprint density at radius 1 is 1.14 bits per heavy atom. The van der Waals surface area contributed by atoms with E-state index in [1.54, 1.807) is 43.3 Å². The molecule has 1 amide bonds. The molecule has 6 nitrogen and oxygen atoms in total. The van der Waals surface area contributed by atoms with Gasteiger partial charge in [-0.2, -0.15) is 18.2 Å². The number of hydrogen-bond donors (Lipinski definition) is 1. The topological polar surface area (TPSA) is 61.4 Å². The molecule has 9 heteroatoms. The minimum atomic E-state index is -4.54. The molecular weight excluding hydrogens is 371 g/mol. The van der Waals surface area contributed by atoms with Gasteiger partial charge in [0.2, 0.25) is 5.95 Å². The number of halogens is 3. The summed E-state index contributed by atoms with van der Waals surface area (Å²) in [6, 6.07) is 9.81. The Morgan fingerprint density at radius 3 is 2.36 bits per heavy atom. The van der Waals surface area contributed by atoms with Crippen molar-refractivity contribution in [3.05, 3.63) is 47.7 Å². The van der Waals surface area contributed by atoms with E-state index in [0.717, 1.165) is 6.07 Å². The number of nitrogens with one attached hydrogen (secondary N) is 1. The Labute approximate surface area is 161 Å². The maximum atomic E-state index is 13.2. The standard InChI is InChI=1S/C19H22F3N5O/c1-26(2)16-12-15(19(20,21)22)24-18(25-16)27-10-8-14(9-11-27)23-17(28)13-6-4-3-5-7-13/h3-7,12,14H,8-11H2,1-2H3,(H,23,28). The fourth-order valence-corrected chi connectivity index (χ4v) is 3.02. The molecule has 2 heterocycles. The maximum Gasteiger partial charge on any atom is 0.433 e. The van der Waals surface area contributed by atoms with Crippen LogP contribution in [-0.2, 0) is 6.18 Å². The molecule has 0 bridgehead atoms. The van der Waals surface area contributed by atoms with E-state index in [0.29, 0.717) is 31.5 Å². The Bertz CT molecular complexity index is 818. The summed E-state index contributed by atoms with van der Waals surface area (Å²) in [6.07, 6.45) is -3.32. The van der Waals surface area contributed by atoms with Gasteiger partial charge in [-0.25, -0.2) is 4.98 Å². The van der Waals surface area contributed by atoms with E-state index >= 15 is 0 Å². The van der Waals surface area contributed by atoms with Gasteiger partial charge >= 0.3 is 6.18 Å². The zero-order chi connectivity index (χ0) is 20.3. The summed E-state index contributed by atoms with van der Waals surface area (Å²) >= 11 is 0. The molecule has 3 rings (SSSR count). The number of rotatable bonds is 4. The zero-order valence-corrected chi connectivity index (χ0v) is 15.7. The summed E-state index contributed by atoms with van der Waals surface area (Å²) in [5, 5.41) is 2.98. The minimum Gasteiger partial charge on any atom is -0.363 e. The molecular formula is C19H22F3N5O. The number of amides is 1. The molecule has 0 atom stereocenters. The third-order valence-corrected chi connectivity index (χ3v) is 4.60. The smallest absolute Gasteiger partial charge is 0.363 e. The van der Waals surface area contributed by atoms with E-state index < -0.39 is 11.9 Å². The highest BCUT2D eigenvalue weighted by Crippen LogP contribution is 2.31. The molecule has 1 saturated heterocycles. The number of alkyl halides is 3. The Morgan fingerprint density at radius 2 is 1.79 bits per heavy atom. The largest absolute Gasteiger partial charge is 0.433 e. The first-order valence-electron chi connectivity index (χ1n) is 8.98. The second-order valence-electron chi connectivity index (χ2n) is 6.90. The number of anilines is 2. The first kappa shape index (κ1) is 19.9. The number of nitrogens with zero attached hydrogens (tertiary/aromatic N) is 4. The maximum absolute atomic E-state index is 13.2. The van der Waals surface area contributed by atoms with Crippen molar-refractivity contribution in [1.82, 2.24) is 15.3 Å². The van der Waals surface area contributed by atoms with E-state index in [9.17, 15) is 18.0 Å². The molecule has 0 spiro atoms. The highest BCUT2D eigenvalue weighted by molar-refractivity contribution is 5.94.